The number of rotatable bonds is 6. The van der Waals surface area contributed by atoms with Gasteiger partial charge in [0.25, 0.3) is 0 Å². The van der Waals surface area contributed by atoms with Gasteiger partial charge in [-0.05, 0) is 37.5 Å². The van der Waals surface area contributed by atoms with E-state index < -0.39 is 0 Å². The smallest absolute Gasteiger partial charge is 0.146 e. The van der Waals surface area contributed by atoms with Crippen LogP contribution in [-0.4, -0.2) is 30.8 Å². The Labute approximate surface area is 108 Å². The topological polar surface area (TPSA) is 35.5 Å². The third-order valence-electron chi connectivity index (χ3n) is 3.49. The molecule has 0 radical (unpaired) electrons. The van der Waals surface area contributed by atoms with Crippen molar-refractivity contribution < 1.29 is 9.50 Å². The Morgan fingerprint density at radius 1 is 1.50 bits per heavy atom. The molecule has 4 heteroatoms. The first kappa shape index (κ1) is 13.3. The van der Waals surface area contributed by atoms with Crippen molar-refractivity contribution in [2.24, 2.45) is 0 Å². The molecule has 1 aliphatic rings. The number of benzene rings is 1. The van der Waals surface area contributed by atoms with Gasteiger partial charge >= 0.3 is 0 Å². The highest BCUT2D eigenvalue weighted by Gasteiger charge is 2.20. The summed E-state index contributed by atoms with van der Waals surface area (Å²) in [7, 11) is 1.79. The van der Waals surface area contributed by atoms with Gasteiger partial charge in [0, 0.05) is 25.7 Å². The highest BCUT2D eigenvalue weighted by atomic mass is 19.1. The number of aliphatic hydroxyl groups excluding tert-OH is 1. The molecule has 1 aromatic carbocycles. The standard InChI is InChI=1S/C14H21FN2O/c1-10(9-18)17(2)14-6-3-11(7-13(14)15)8-16-12-4-5-12/h3,6-7,10,12,16,18H,4-5,8-9H2,1-2H3. The highest BCUT2D eigenvalue weighted by Crippen LogP contribution is 2.23. The van der Waals surface area contributed by atoms with Gasteiger partial charge in [0.2, 0.25) is 0 Å². The Morgan fingerprint density at radius 2 is 2.22 bits per heavy atom. The van der Waals surface area contributed by atoms with E-state index in [1.54, 1.807) is 24.1 Å². The van der Waals surface area contributed by atoms with Crippen LogP contribution in [0, 0.1) is 5.82 Å². The maximum Gasteiger partial charge on any atom is 0.146 e. The molecule has 18 heavy (non-hydrogen) atoms. The Kier molecular flexibility index (Phi) is 4.19. The van der Waals surface area contributed by atoms with Crippen molar-refractivity contribution in [1.82, 2.24) is 5.32 Å². The van der Waals surface area contributed by atoms with Crippen molar-refractivity contribution in [3.63, 3.8) is 0 Å². The van der Waals surface area contributed by atoms with Crippen molar-refractivity contribution in [3.05, 3.63) is 29.6 Å². The second-order valence-corrected chi connectivity index (χ2v) is 5.08. The predicted octanol–water partition coefficient (Wildman–Crippen LogP) is 1.89. The van der Waals surface area contributed by atoms with E-state index in [-0.39, 0.29) is 18.5 Å². The van der Waals surface area contributed by atoms with E-state index in [2.05, 4.69) is 5.32 Å². The molecule has 0 bridgehead atoms. The minimum atomic E-state index is -0.229. The first-order valence-electron chi connectivity index (χ1n) is 6.47. The van der Waals surface area contributed by atoms with Crippen molar-refractivity contribution >= 4 is 5.69 Å². The van der Waals surface area contributed by atoms with E-state index in [0.29, 0.717) is 11.7 Å². The maximum absolute atomic E-state index is 14.0. The predicted molar refractivity (Wildman–Crippen MR) is 71.2 cm³/mol. The number of halogens is 1. The summed E-state index contributed by atoms with van der Waals surface area (Å²) in [5.74, 6) is -0.229. The van der Waals surface area contributed by atoms with Gasteiger partial charge in [0.05, 0.1) is 12.3 Å². The van der Waals surface area contributed by atoms with Gasteiger partial charge in [-0.3, -0.25) is 0 Å². The van der Waals surface area contributed by atoms with Crippen molar-refractivity contribution in [3.8, 4) is 0 Å². The van der Waals surface area contributed by atoms with Crippen molar-refractivity contribution in [2.75, 3.05) is 18.6 Å². The molecular formula is C14H21FN2O. The average molecular weight is 252 g/mol. The molecule has 2 rings (SSSR count). The molecule has 1 aliphatic carbocycles. The van der Waals surface area contributed by atoms with Crippen LogP contribution in [0.5, 0.6) is 0 Å². The lowest BCUT2D eigenvalue weighted by Crippen LogP contribution is -2.32. The van der Waals surface area contributed by atoms with Crippen molar-refractivity contribution in [2.45, 2.75) is 38.4 Å². The van der Waals surface area contributed by atoms with Gasteiger partial charge in [-0.1, -0.05) is 6.07 Å². The molecule has 0 aliphatic heterocycles. The number of aliphatic hydroxyl groups is 1. The number of hydrogen-bond donors (Lipinski definition) is 2. The summed E-state index contributed by atoms with van der Waals surface area (Å²) in [6, 6.07) is 5.84. The van der Waals surface area contributed by atoms with Gasteiger partial charge in [-0.15, -0.1) is 0 Å². The first-order chi connectivity index (χ1) is 8.61. The fourth-order valence-corrected chi connectivity index (χ4v) is 1.86. The molecule has 0 spiro atoms. The number of nitrogens with zero attached hydrogens (tertiary/aromatic N) is 1. The number of anilines is 1. The lowest BCUT2D eigenvalue weighted by atomic mass is 10.1. The van der Waals surface area contributed by atoms with Crippen LogP contribution in [0.4, 0.5) is 10.1 Å². The zero-order valence-electron chi connectivity index (χ0n) is 11.0. The normalized spacial score (nSPS) is 16.7. The van der Waals surface area contributed by atoms with Gasteiger partial charge in [-0.2, -0.15) is 0 Å². The SMILES string of the molecule is CC(CO)N(C)c1ccc(CNC2CC2)cc1F. The summed E-state index contributed by atoms with van der Waals surface area (Å²) in [6.07, 6.45) is 2.47. The second kappa shape index (κ2) is 5.67. The third-order valence-corrected chi connectivity index (χ3v) is 3.49. The molecule has 2 N–H and O–H groups in total. The minimum absolute atomic E-state index is 0.0148. The Balaban J connectivity index is 2.03. The summed E-state index contributed by atoms with van der Waals surface area (Å²) in [4.78, 5) is 1.76. The molecule has 1 saturated carbocycles. The number of hydrogen-bond acceptors (Lipinski definition) is 3. The molecule has 3 nitrogen and oxygen atoms in total. The zero-order chi connectivity index (χ0) is 13.1. The quantitative estimate of drug-likeness (QED) is 0.811. The van der Waals surface area contributed by atoms with Crippen LogP contribution in [0.1, 0.15) is 25.3 Å². The second-order valence-electron chi connectivity index (χ2n) is 5.08. The highest BCUT2D eigenvalue weighted by molar-refractivity contribution is 5.49. The molecular weight excluding hydrogens is 231 g/mol. The van der Waals surface area contributed by atoms with Crippen molar-refractivity contribution in [1.29, 1.82) is 0 Å². The molecule has 1 aromatic rings. The van der Waals surface area contributed by atoms with Crippen LogP contribution in [-0.2, 0) is 6.54 Å². The molecule has 100 valence electrons. The van der Waals surface area contributed by atoms with Crippen LogP contribution in [0.3, 0.4) is 0 Å². The maximum atomic E-state index is 14.0. The summed E-state index contributed by atoms with van der Waals surface area (Å²) < 4.78 is 14.0. The number of nitrogens with one attached hydrogen (secondary N) is 1. The summed E-state index contributed by atoms with van der Waals surface area (Å²) >= 11 is 0. The molecule has 1 fully saturated rings. The van der Waals surface area contributed by atoms with E-state index in [1.807, 2.05) is 13.0 Å². The van der Waals surface area contributed by atoms with Crippen LogP contribution in [0.15, 0.2) is 18.2 Å². The van der Waals surface area contributed by atoms with E-state index in [4.69, 9.17) is 5.11 Å². The fraction of sp³-hybridized carbons (Fsp3) is 0.571. The Bertz CT molecular complexity index is 407. The molecule has 0 aromatic heterocycles. The largest absolute Gasteiger partial charge is 0.394 e. The lowest BCUT2D eigenvalue weighted by Gasteiger charge is -2.26. The van der Waals surface area contributed by atoms with E-state index in [1.165, 1.54) is 12.8 Å². The molecule has 1 atom stereocenters. The van der Waals surface area contributed by atoms with Gasteiger partial charge < -0.3 is 15.3 Å². The molecule has 1 unspecified atom stereocenters. The van der Waals surface area contributed by atoms with Crippen LogP contribution in [0.2, 0.25) is 0 Å². The summed E-state index contributed by atoms with van der Waals surface area (Å²) in [5.41, 5.74) is 1.50. The molecule has 0 amide bonds. The third kappa shape index (κ3) is 3.21. The van der Waals surface area contributed by atoms with Gasteiger partial charge in [0.1, 0.15) is 5.82 Å². The zero-order valence-corrected chi connectivity index (χ0v) is 11.0. The first-order valence-corrected chi connectivity index (χ1v) is 6.47. The van der Waals surface area contributed by atoms with E-state index in [0.717, 1.165) is 12.1 Å². The number of likely N-dealkylation sites (N-methyl/N-ethyl adjacent to an activating group) is 1. The Hall–Kier alpha value is -1.13. The van der Waals surface area contributed by atoms with Crippen LogP contribution >= 0.6 is 0 Å². The fourth-order valence-electron chi connectivity index (χ4n) is 1.86. The lowest BCUT2D eigenvalue weighted by molar-refractivity contribution is 0.269. The molecule has 0 saturated heterocycles. The minimum Gasteiger partial charge on any atom is -0.394 e. The molecule has 0 heterocycles. The monoisotopic (exact) mass is 252 g/mol. The van der Waals surface area contributed by atoms with Gasteiger partial charge in [0.15, 0.2) is 0 Å². The Morgan fingerprint density at radius 3 is 2.78 bits per heavy atom. The summed E-state index contributed by atoms with van der Waals surface area (Å²) in [5, 5.41) is 12.5. The van der Waals surface area contributed by atoms with E-state index in [9.17, 15) is 4.39 Å². The van der Waals surface area contributed by atoms with Gasteiger partial charge in [-0.25, -0.2) is 4.39 Å². The average Bonchev–Trinajstić information content (AvgIpc) is 3.18. The summed E-state index contributed by atoms with van der Waals surface area (Å²) in [6.45, 7) is 2.60. The van der Waals surface area contributed by atoms with Crippen LogP contribution in [0.25, 0.3) is 0 Å². The van der Waals surface area contributed by atoms with E-state index >= 15 is 0 Å². The van der Waals surface area contributed by atoms with Crippen LogP contribution < -0.4 is 10.2 Å².